The van der Waals surface area contributed by atoms with Crippen LogP contribution in [0.3, 0.4) is 0 Å². The fourth-order valence-corrected chi connectivity index (χ4v) is 0.976. The molecule has 0 saturated heterocycles. The SMILES string of the molecule is CCC.Cc1ccc(Cl)cc1Cl. The molecule has 0 nitrogen and oxygen atoms in total. The minimum Gasteiger partial charge on any atom is -0.0843 e. The summed E-state index contributed by atoms with van der Waals surface area (Å²) in [6.07, 6.45) is 1.25. The van der Waals surface area contributed by atoms with Gasteiger partial charge in [0.2, 0.25) is 0 Å². The third-order valence-electron chi connectivity index (χ3n) is 1.13. The van der Waals surface area contributed by atoms with Crippen LogP contribution in [0, 0.1) is 6.92 Å². The lowest BCUT2D eigenvalue weighted by molar-refractivity contribution is 1.09. The molecule has 0 fully saturated rings. The lowest BCUT2D eigenvalue weighted by atomic mass is 10.2. The molecule has 2 heteroatoms. The number of halogens is 2. The van der Waals surface area contributed by atoms with Gasteiger partial charge in [-0.15, -0.1) is 0 Å². The van der Waals surface area contributed by atoms with Gasteiger partial charge in [0.25, 0.3) is 0 Å². The molecule has 0 unspecified atom stereocenters. The highest BCUT2D eigenvalue weighted by atomic mass is 35.5. The van der Waals surface area contributed by atoms with Crippen molar-refractivity contribution >= 4 is 23.2 Å². The summed E-state index contributed by atoms with van der Waals surface area (Å²) in [6, 6.07) is 5.45. The third-order valence-corrected chi connectivity index (χ3v) is 1.78. The number of aryl methyl sites for hydroxylation is 1. The van der Waals surface area contributed by atoms with Crippen molar-refractivity contribution in [3.8, 4) is 0 Å². The van der Waals surface area contributed by atoms with E-state index in [9.17, 15) is 0 Å². The Kier molecular flexibility index (Phi) is 6.23. The predicted molar refractivity (Wildman–Crippen MR) is 57.2 cm³/mol. The van der Waals surface area contributed by atoms with Crippen LogP contribution in [-0.4, -0.2) is 0 Å². The van der Waals surface area contributed by atoms with Crippen molar-refractivity contribution in [3.63, 3.8) is 0 Å². The highest BCUT2D eigenvalue weighted by Crippen LogP contribution is 2.19. The van der Waals surface area contributed by atoms with Gasteiger partial charge >= 0.3 is 0 Å². The molecule has 0 bridgehead atoms. The Morgan fingerprint density at radius 1 is 1.17 bits per heavy atom. The highest BCUT2D eigenvalue weighted by molar-refractivity contribution is 6.35. The minimum atomic E-state index is 0.686. The van der Waals surface area contributed by atoms with Crippen LogP contribution in [0.15, 0.2) is 18.2 Å². The summed E-state index contributed by atoms with van der Waals surface area (Å²) in [5.41, 5.74) is 1.06. The quantitative estimate of drug-likeness (QED) is 0.574. The zero-order chi connectivity index (χ0) is 9.56. The Labute approximate surface area is 84.5 Å². The van der Waals surface area contributed by atoms with Crippen LogP contribution in [0.4, 0.5) is 0 Å². The predicted octanol–water partition coefficient (Wildman–Crippen LogP) is 4.72. The van der Waals surface area contributed by atoms with Gasteiger partial charge in [0.15, 0.2) is 0 Å². The maximum absolute atomic E-state index is 5.73. The topological polar surface area (TPSA) is 0 Å². The van der Waals surface area contributed by atoms with Gasteiger partial charge in [-0.05, 0) is 24.6 Å². The average Bonchev–Trinajstić information content (AvgIpc) is 1.99. The molecule has 12 heavy (non-hydrogen) atoms. The van der Waals surface area contributed by atoms with E-state index in [1.807, 2.05) is 19.1 Å². The molecule has 0 spiro atoms. The van der Waals surface area contributed by atoms with Gasteiger partial charge in [0.1, 0.15) is 0 Å². The van der Waals surface area contributed by atoms with Crippen LogP contribution in [0.2, 0.25) is 10.0 Å². The van der Waals surface area contributed by atoms with Crippen LogP contribution in [0.25, 0.3) is 0 Å². The monoisotopic (exact) mass is 204 g/mol. The van der Waals surface area contributed by atoms with Crippen LogP contribution in [-0.2, 0) is 0 Å². The van der Waals surface area contributed by atoms with Gasteiger partial charge < -0.3 is 0 Å². The fourth-order valence-electron chi connectivity index (χ4n) is 0.567. The molecule has 0 atom stereocenters. The summed E-state index contributed by atoms with van der Waals surface area (Å²) >= 11 is 11.4. The molecule has 68 valence electrons. The van der Waals surface area contributed by atoms with Gasteiger partial charge in [-0.1, -0.05) is 49.5 Å². The molecule has 1 aromatic carbocycles. The van der Waals surface area contributed by atoms with Crippen molar-refractivity contribution < 1.29 is 0 Å². The Morgan fingerprint density at radius 2 is 1.67 bits per heavy atom. The van der Waals surface area contributed by atoms with Crippen molar-refractivity contribution in [2.45, 2.75) is 27.2 Å². The lowest BCUT2D eigenvalue weighted by Gasteiger charge is -1.94. The van der Waals surface area contributed by atoms with Crippen LogP contribution < -0.4 is 0 Å². The normalized spacial score (nSPS) is 8.75. The molecular weight excluding hydrogens is 191 g/mol. The van der Waals surface area contributed by atoms with E-state index in [1.165, 1.54) is 6.42 Å². The Morgan fingerprint density at radius 3 is 2.00 bits per heavy atom. The second-order valence-electron chi connectivity index (χ2n) is 2.60. The van der Waals surface area contributed by atoms with Crippen molar-refractivity contribution in [2.75, 3.05) is 0 Å². The van der Waals surface area contributed by atoms with Gasteiger partial charge in [-0.2, -0.15) is 0 Å². The van der Waals surface area contributed by atoms with Gasteiger partial charge in [0.05, 0.1) is 0 Å². The fraction of sp³-hybridized carbons (Fsp3) is 0.400. The van der Waals surface area contributed by atoms with E-state index in [0.717, 1.165) is 10.6 Å². The molecule has 0 aliphatic heterocycles. The number of benzene rings is 1. The van der Waals surface area contributed by atoms with E-state index in [2.05, 4.69) is 13.8 Å². The third kappa shape index (κ3) is 4.63. The molecule has 1 aromatic rings. The van der Waals surface area contributed by atoms with E-state index < -0.39 is 0 Å². The van der Waals surface area contributed by atoms with Crippen LogP contribution >= 0.6 is 23.2 Å². The maximum Gasteiger partial charge on any atom is 0.0449 e. The first kappa shape index (κ1) is 11.8. The first-order chi connectivity index (χ1) is 5.61. The molecule has 0 heterocycles. The zero-order valence-electron chi connectivity index (χ0n) is 7.70. The van der Waals surface area contributed by atoms with Gasteiger partial charge in [-0.3, -0.25) is 0 Å². The molecule has 0 N–H and O–H groups in total. The Bertz CT molecular complexity index is 231. The summed E-state index contributed by atoms with van der Waals surface area (Å²) < 4.78 is 0. The first-order valence-corrected chi connectivity index (χ1v) is 4.79. The average molecular weight is 205 g/mol. The van der Waals surface area contributed by atoms with E-state index in [1.54, 1.807) is 6.07 Å². The molecule has 0 aliphatic carbocycles. The van der Waals surface area contributed by atoms with E-state index in [-0.39, 0.29) is 0 Å². The first-order valence-electron chi connectivity index (χ1n) is 4.03. The molecule has 0 aromatic heterocycles. The van der Waals surface area contributed by atoms with E-state index >= 15 is 0 Å². The summed E-state index contributed by atoms with van der Waals surface area (Å²) in [7, 11) is 0. The largest absolute Gasteiger partial charge is 0.0843 e. The van der Waals surface area contributed by atoms with Crippen molar-refractivity contribution in [2.24, 2.45) is 0 Å². The maximum atomic E-state index is 5.73. The van der Waals surface area contributed by atoms with Crippen molar-refractivity contribution in [1.82, 2.24) is 0 Å². The molecular formula is C10H14Cl2. The van der Waals surface area contributed by atoms with Crippen molar-refractivity contribution in [3.05, 3.63) is 33.8 Å². The number of rotatable bonds is 0. The molecule has 0 amide bonds. The molecule has 0 aliphatic rings. The standard InChI is InChI=1S/C7H6Cl2.C3H8/c1-5-2-3-6(8)4-7(5)9;1-3-2/h2-4H,1H3;3H2,1-2H3. The second kappa shape index (κ2) is 6.33. The van der Waals surface area contributed by atoms with Crippen molar-refractivity contribution in [1.29, 1.82) is 0 Å². The van der Waals surface area contributed by atoms with E-state index in [0.29, 0.717) is 5.02 Å². The van der Waals surface area contributed by atoms with Crippen LogP contribution in [0.1, 0.15) is 25.8 Å². The highest BCUT2D eigenvalue weighted by Gasteiger charge is 1.92. The molecule has 0 saturated carbocycles. The second-order valence-corrected chi connectivity index (χ2v) is 3.44. The Balaban J connectivity index is 0.000000354. The summed E-state index contributed by atoms with van der Waals surface area (Å²) in [6.45, 7) is 6.19. The summed E-state index contributed by atoms with van der Waals surface area (Å²) in [4.78, 5) is 0. The smallest absolute Gasteiger partial charge is 0.0449 e. The number of hydrogen-bond donors (Lipinski definition) is 0. The zero-order valence-corrected chi connectivity index (χ0v) is 9.21. The van der Waals surface area contributed by atoms with Crippen LogP contribution in [0.5, 0.6) is 0 Å². The minimum absolute atomic E-state index is 0.686. The van der Waals surface area contributed by atoms with E-state index in [4.69, 9.17) is 23.2 Å². The van der Waals surface area contributed by atoms with Gasteiger partial charge in [0, 0.05) is 10.0 Å². The van der Waals surface area contributed by atoms with Gasteiger partial charge in [-0.25, -0.2) is 0 Å². The molecule has 0 radical (unpaired) electrons. The summed E-state index contributed by atoms with van der Waals surface area (Å²) in [5, 5.41) is 1.41. The lowest BCUT2D eigenvalue weighted by Crippen LogP contribution is -1.71. The Hall–Kier alpha value is -0.200. The number of hydrogen-bond acceptors (Lipinski definition) is 0. The molecule has 1 rings (SSSR count). The summed E-state index contributed by atoms with van der Waals surface area (Å²) in [5.74, 6) is 0.